The Balaban J connectivity index is 2.71. The first-order chi connectivity index (χ1) is 9.02. The highest BCUT2D eigenvalue weighted by Crippen LogP contribution is 2.25. The van der Waals surface area contributed by atoms with E-state index in [1.54, 1.807) is 0 Å². The first-order valence-corrected chi connectivity index (χ1v) is 7.91. The van der Waals surface area contributed by atoms with Gasteiger partial charge in [0.05, 0.1) is 0 Å². The van der Waals surface area contributed by atoms with Gasteiger partial charge in [-0.15, -0.1) is 0 Å². The normalized spacial score (nSPS) is 12.9. The molecule has 0 aromatic heterocycles. The molecule has 1 rings (SSSR count). The van der Waals surface area contributed by atoms with Crippen LogP contribution in [-0.4, -0.2) is 6.54 Å². The summed E-state index contributed by atoms with van der Waals surface area (Å²) < 4.78 is 0. The van der Waals surface area contributed by atoms with E-state index in [0.717, 1.165) is 17.5 Å². The average molecular weight is 282 g/mol. The van der Waals surface area contributed by atoms with Gasteiger partial charge in [-0.3, -0.25) is 0 Å². The molecule has 1 N–H and O–H groups in total. The fraction of sp³-hybridized carbons (Fsp3) is 0.647. The second kappa shape index (κ2) is 8.60. The highest BCUT2D eigenvalue weighted by Gasteiger charge is 2.12. The number of rotatable bonds is 8. The van der Waals surface area contributed by atoms with Gasteiger partial charge in [0.1, 0.15) is 0 Å². The van der Waals surface area contributed by atoms with E-state index >= 15 is 0 Å². The van der Waals surface area contributed by atoms with Crippen LogP contribution in [0.2, 0.25) is 5.02 Å². The van der Waals surface area contributed by atoms with E-state index in [1.165, 1.54) is 36.8 Å². The van der Waals surface area contributed by atoms with Crippen LogP contribution in [0.15, 0.2) is 18.2 Å². The fourth-order valence-corrected chi connectivity index (χ4v) is 2.70. The number of nitrogens with one attached hydrogen (secondary N) is 1. The van der Waals surface area contributed by atoms with Crippen molar-refractivity contribution in [1.82, 2.24) is 5.32 Å². The fourth-order valence-electron chi connectivity index (χ4n) is 2.40. The lowest BCUT2D eigenvalue weighted by atomic mass is 9.97. The molecule has 0 bridgehead atoms. The molecule has 108 valence electrons. The maximum atomic E-state index is 6.18. The molecule has 0 aliphatic rings. The van der Waals surface area contributed by atoms with Crippen LogP contribution in [0.4, 0.5) is 0 Å². The Labute approximate surface area is 123 Å². The number of benzene rings is 1. The number of aryl methyl sites for hydroxylation is 1. The van der Waals surface area contributed by atoms with Gasteiger partial charge in [-0.25, -0.2) is 0 Å². The van der Waals surface area contributed by atoms with Gasteiger partial charge in [0, 0.05) is 11.1 Å². The zero-order valence-corrected chi connectivity index (χ0v) is 13.6. The molecule has 1 aromatic carbocycles. The van der Waals surface area contributed by atoms with Gasteiger partial charge in [0.25, 0.3) is 0 Å². The Kier molecular flexibility index (Phi) is 7.48. The van der Waals surface area contributed by atoms with Gasteiger partial charge >= 0.3 is 0 Å². The van der Waals surface area contributed by atoms with Crippen LogP contribution in [0, 0.1) is 12.8 Å². The van der Waals surface area contributed by atoms with E-state index in [-0.39, 0.29) is 0 Å². The largest absolute Gasteiger partial charge is 0.310 e. The van der Waals surface area contributed by atoms with Crippen LogP contribution in [0.5, 0.6) is 0 Å². The van der Waals surface area contributed by atoms with Crippen molar-refractivity contribution in [2.45, 2.75) is 59.4 Å². The molecular formula is C17H28ClN. The summed E-state index contributed by atoms with van der Waals surface area (Å²) in [5, 5.41) is 4.50. The molecule has 1 nitrogen and oxygen atoms in total. The van der Waals surface area contributed by atoms with Crippen LogP contribution in [-0.2, 0) is 0 Å². The van der Waals surface area contributed by atoms with Crippen molar-refractivity contribution < 1.29 is 0 Å². The van der Waals surface area contributed by atoms with Gasteiger partial charge in [-0.1, -0.05) is 51.3 Å². The summed E-state index contributed by atoms with van der Waals surface area (Å²) in [5.41, 5.74) is 2.58. The van der Waals surface area contributed by atoms with Crippen molar-refractivity contribution >= 4 is 11.6 Å². The van der Waals surface area contributed by atoms with Gasteiger partial charge in [-0.2, -0.15) is 0 Å². The van der Waals surface area contributed by atoms with Crippen molar-refractivity contribution in [3.8, 4) is 0 Å². The molecule has 0 saturated heterocycles. The smallest absolute Gasteiger partial charge is 0.0411 e. The monoisotopic (exact) mass is 281 g/mol. The van der Waals surface area contributed by atoms with Crippen molar-refractivity contribution in [2.75, 3.05) is 6.54 Å². The first kappa shape index (κ1) is 16.5. The highest BCUT2D eigenvalue weighted by atomic mass is 35.5. The minimum Gasteiger partial charge on any atom is -0.310 e. The Hall–Kier alpha value is -0.530. The van der Waals surface area contributed by atoms with E-state index < -0.39 is 0 Å². The standard InChI is InChI=1S/C17H28ClN/c1-5-9-19-17(8-6-7-13(2)3)15-10-14(4)11-16(18)12-15/h10-13,17,19H,5-9H2,1-4H3. The summed E-state index contributed by atoms with van der Waals surface area (Å²) in [5.74, 6) is 0.785. The van der Waals surface area contributed by atoms with E-state index in [9.17, 15) is 0 Å². The molecule has 0 aliphatic heterocycles. The molecule has 19 heavy (non-hydrogen) atoms. The Morgan fingerprint density at radius 3 is 2.47 bits per heavy atom. The molecule has 1 atom stereocenters. The van der Waals surface area contributed by atoms with Crippen molar-refractivity contribution in [3.05, 3.63) is 34.3 Å². The number of halogens is 1. The Morgan fingerprint density at radius 2 is 1.89 bits per heavy atom. The van der Waals surface area contributed by atoms with Crippen molar-refractivity contribution in [3.63, 3.8) is 0 Å². The third-order valence-corrected chi connectivity index (χ3v) is 3.60. The van der Waals surface area contributed by atoms with Crippen LogP contribution in [0.25, 0.3) is 0 Å². The lowest BCUT2D eigenvalue weighted by Gasteiger charge is -2.20. The molecule has 1 aromatic rings. The lowest BCUT2D eigenvalue weighted by Crippen LogP contribution is -2.22. The lowest BCUT2D eigenvalue weighted by molar-refractivity contribution is 0.447. The zero-order chi connectivity index (χ0) is 14.3. The molecule has 2 heteroatoms. The summed E-state index contributed by atoms with van der Waals surface area (Å²) in [6.07, 6.45) is 4.92. The third kappa shape index (κ3) is 6.44. The van der Waals surface area contributed by atoms with E-state index in [1.807, 2.05) is 6.07 Å². The number of hydrogen-bond donors (Lipinski definition) is 1. The highest BCUT2D eigenvalue weighted by molar-refractivity contribution is 6.30. The molecule has 1 unspecified atom stereocenters. The minimum atomic E-state index is 0.441. The predicted octanol–water partition coefficient (Wildman–Crippen LogP) is 5.52. The summed E-state index contributed by atoms with van der Waals surface area (Å²) in [4.78, 5) is 0. The topological polar surface area (TPSA) is 12.0 Å². The zero-order valence-electron chi connectivity index (χ0n) is 12.8. The SMILES string of the molecule is CCCNC(CCCC(C)C)c1cc(C)cc(Cl)c1. The molecule has 0 spiro atoms. The quantitative estimate of drug-likeness (QED) is 0.662. The van der Waals surface area contributed by atoms with Crippen LogP contribution < -0.4 is 5.32 Å². The maximum absolute atomic E-state index is 6.18. The minimum absolute atomic E-state index is 0.441. The molecule has 0 radical (unpaired) electrons. The molecule has 0 saturated carbocycles. The second-order valence-corrected chi connectivity index (χ2v) is 6.33. The summed E-state index contributed by atoms with van der Waals surface area (Å²) in [6, 6.07) is 6.83. The first-order valence-electron chi connectivity index (χ1n) is 7.53. The molecule has 0 aliphatic carbocycles. The maximum Gasteiger partial charge on any atom is 0.0411 e. The Bertz CT molecular complexity index is 353. The van der Waals surface area contributed by atoms with Gasteiger partial charge < -0.3 is 5.32 Å². The van der Waals surface area contributed by atoms with E-state index in [0.29, 0.717) is 6.04 Å². The number of hydrogen-bond acceptors (Lipinski definition) is 1. The molecule has 0 heterocycles. The van der Waals surface area contributed by atoms with Crippen molar-refractivity contribution in [1.29, 1.82) is 0 Å². The predicted molar refractivity (Wildman–Crippen MR) is 85.9 cm³/mol. The average Bonchev–Trinajstić information content (AvgIpc) is 2.31. The third-order valence-electron chi connectivity index (χ3n) is 3.38. The van der Waals surface area contributed by atoms with Crippen molar-refractivity contribution in [2.24, 2.45) is 5.92 Å². The summed E-state index contributed by atoms with van der Waals surface area (Å²) in [6.45, 7) is 9.97. The molecule has 0 amide bonds. The van der Waals surface area contributed by atoms with Crippen LogP contribution >= 0.6 is 11.6 Å². The molecule has 0 fully saturated rings. The summed E-state index contributed by atoms with van der Waals surface area (Å²) >= 11 is 6.18. The molecular weight excluding hydrogens is 254 g/mol. The van der Waals surface area contributed by atoms with Gasteiger partial charge in [0.2, 0.25) is 0 Å². The Morgan fingerprint density at radius 1 is 1.16 bits per heavy atom. The van der Waals surface area contributed by atoms with Gasteiger partial charge in [0.15, 0.2) is 0 Å². The van der Waals surface area contributed by atoms with Gasteiger partial charge in [-0.05, 0) is 55.5 Å². The van der Waals surface area contributed by atoms with Crippen LogP contribution in [0.3, 0.4) is 0 Å². The van der Waals surface area contributed by atoms with Crippen LogP contribution in [0.1, 0.15) is 63.6 Å². The summed E-state index contributed by atoms with van der Waals surface area (Å²) in [7, 11) is 0. The second-order valence-electron chi connectivity index (χ2n) is 5.89. The van der Waals surface area contributed by atoms with E-state index in [2.05, 4.69) is 45.1 Å². The van der Waals surface area contributed by atoms with E-state index in [4.69, 9.17) is 11.6 Å².